The molecule has 3 aromatic rings. The van der Waals surface area contributed by atoms with Crippen LogP contribution in [0.15, 0.2) is 60.9 Å². The summed E-state index contributed by atoms with van der Waals surface area (Å²) >= 11 is 0. The van der Waals surface area contributed by atoms with Crippen LogP contribution in [0.25, 0.3) is 10.9 Å². The Balaban J connectivity index is 1.46. The topological polar surface area (TPSA) is 58.1 Å². The molecule has 5 nitrogen and oxygen atoms in total. The van der Waals surface area contributed by atoms with Gasteiger partial charge in [0.2, 0.25) is 0 Å². The maximum absolute atomic E-state index is 12.7. The molecule has 0 aliphatic carbocycles. The van der Waals surface area contributed by atoms with E-state index >= 15 is 0 Å². The summed E-state index contributed by atoms with van der Waals surface area (Å²) in [7, 11) is 0. The van der Waals surface area contributed by atoms with Gasteiger partial charge < -0.3 is 10.2 Å². The molecule has 5 heteroatoms. The van der Waals surface area contributed by atoms with Crippen LogP contribution in [-0.2, 0) is 0 Å². The van der Waals surface area contributed by atoms with Crippen molar-refractivity contribution in [3.8, 4) is 0 Å². The van der Waals surface area contributed by atoms with Crippen LogP contribution in [0.2, 0.25) is 0 Å². The Morgan fingerprint density at radius 3 is 2.92 bits per heavy atom. The quantitative estimate of drug-likeness (QED) is 0.806. The molecule has 24 heavy (non-hydrogen) atoms. The van der Waals surface area contributed by atoms with E-state index in [-0.39, 0.29) is 11.9 Å². The third-order valence-corrected chi connectivity index (χ3v) is 4.33. The van der Waals surface area contributed by atoms with Gasteiger partial charge in [0.25, 0.3) is 5.91 Å². The third-order valence-electron chi connectivity index (χ3n) is 4.33. The number of anilines is 1. The number of para-hydroxylation sites is 1. The highest BCUT2D eigenvalue weighted by molar-refractivity contribution is 5.95. The highest BCUT2D eigenvalue weighted by Gasteiger charge is 2.27. The number of pyridine rings is 2. The van der Waals surface area contributed by atoms with Gasteiger partial charge in [-0.3, -0.25) is 9.78 Å². The zero-order valence-electron chi connectivity index (χ0n) is 13.2. The van der Waals surface area contributed by atoms with E-state index in [1.54, 1.807) is 12.4 Å². The summed E-state index contributed by atoms with van der Waals surface area (Å²) in [6.45, 7) is 1.42. The fraction of sp³-hybridized carbons (Fsp3) is 0.211. The Bertz CT molecular complexity index is 865. The minimum absolute atomic E-state index is 0.00348. The lowest BCUT2D eigenvalue weighted by atomic mass is 10.2. The lowest BCUT2D eigenvalue weighted by molar-refractivity contribution is 0.0786. The largest absolute Gasteiger partial charge is 0.379 e. The third kappa shape index (κ3) is 2.93. The summed E-state index contributed by atoms with van der Waals surface area (Å²) in [5, 5.41) is 4.48. The second kappa shape index (κ2) is 6.28. The molecule has 1 fully saturated rings. The van der Waals surface area contributed by atoms with Crippen LogP contribution in [-0.4, -0.2) is 39.9 Å². The minimum atomic E-state index is -0.00348. The van der Waals surface area contributed by atoms with Crippen molar-refractivity contribution in [2.24, 2.45) is 0 Å². The van der Waals surface area contributed by atoms with Crippen molar-refractivity contribution in [2.45, 2.75) is 12.5 Å². The normalized spacial score (nSPS) is 17.2. The fourth-order valence-electron chi connectivity index (χ4n) is 3.09. The van der Waals surface area contributed by atoms with Gasteiger partial charge >= 0.3 is 0 Å². The maximum Gasteiger partial charge on any atom is 0.272 e. The predicted octanol–water partition coefficient (Wildman–Crippen LogP) is 2.96. The second-order valence-corrected chi connectivity index (χ2v) is 6.01. The van der Waals surface area contributed by atoms with Gasteiger partial charge in [-0.1, -0.05) is 24.3 Å². The van der Waals surface area contributed by atoms with Crippen LogP contribution in [0.5, 0.6) is 0 Å². The average Bonchev–Trinajstić information content (AvgIpc) is 3.10. The van der Waals surface area contributed by atoms with Gasteiger partial charge in [-0.15, -0.1) is 0 Å². The molecule has 0 saturated carbocycles. The molecular formula is C19H18N4O. The highest BCUT2D eigenvalue weighted by Crippen LogP contribution is 2.18. The first-order valence-electron chi connectivity index (χ1n) is 8.11. The number of nitrogens with zero attached hydrogens (tertiary/aromatic N) is 3. The molecule has 3 heterocycles. The summed E-state index contributed by atoms with van der Waals surface area (Å²) in [6, 6.07) is 15.8. The number of hydrogen-bond acceptors (Lipinski definition) is 4. The van der Waals surface area contributed by atoms with Gasteiger partial charge in [-0.05, 0) is 30.7 Å². The molecule has 1 aliphatic heterocycles. The second-order valence-electron chi connectivity index (χ2n) is 6.01. The van der Waals surface area contributed by atoms with E-state index in [0.29, 0.717) is 12.2 Å². The first kappa shape index (κ1) is 14.6. The molecule has 1 amide bonds. The number of carbonyl (C=O) groups excluding carboxylic acids is 1. The van der Waals surface area contributed by atoms with Crippen molar-refractivity contribution in [1.82, 2.24) is 14.9 Å². The number of amides is 1. The van der Waals surface area contributed by atoms with Crippen molar-refractivity contribution in [1.29, 1.82) is 0 Å². The van der Waals surface area contributed by atoms with Crippen LogP contribution < -0.4 is 5.32 Å². The molecule has 1 saturated heterocycles. The lowest BCUT2D eigenvalue weighted by Gasteiger charge is -2.17. The number of likely N-dealkylation sites (tertiary alicyclic amines) is 1. The molecule has 1 aliphatic rings. The van der Waals surface area contributed by atoms with Gasteiger partial charge in [0, 0.05) is 36.9 Å². The number of carbonyl (C=O) groups is 1. The van der Waals surface area contributed by atoms with E-state index in [1.807, 2.05) is 53.4 Å². The highest BCUT2D eigenvalue weighted by atomic mass is 16.2. The number of nitrogens with one attached hydrogen (secondary N) is 1. The maximum atomic E-state index is 12.7. The molecule has 1 atom stereocenters. The molecule has 0 spiro atoms. The van der Waals surface area contributed by atoms with Gasteiger partial charge in [-0.25, -0.2) is 4.98 Å². The number of benzene rings is 1. The summed E-state index contributed by atoms with van der Waals surface area (Å²) < 4.78 is 0. The van der Waals surface area contributed by atoms with Gasteiger partial charge in [-0.2, -0.15) is 0 Å². The van der Waals surface area contributed by atoms with E-state index in [4.69, 9.17) is 0 Å². The molecule has 2 aromatic heterocycles. The van der Waals surface area contributed by atoms with E-state index in [9.17, 15) is 4.79 Å². The Hall–Kier alpha value is -2.95. The smallest absolute Gasteiger partial charge is 0.272 e. The minimum Gasteiger partial charge on any atom is -0.379 e. The predicted molar refractivity (Wildman–Crippen MR) is 93.9 cm³/mol. The number of fused-ring (bicyclic) bond motifs is 1. The summed E-state index contributed by atoms with van der Waals surface area (Å²) in [5.41, 5.74) is 2.35. The first-order valence-corrected chi connectivity index (χ1v) is 8.11. The summed E-state index contributed by atoms with van der Waals surface area (Å²) in [5.74, 6) is -0.00348. The van der Waals surface area contributed by atoms with Crippen LogP contribution in [0.1, 0.15) is 16.9 Å². The standard InChI is InChI=1S/C19H18N4O/c24-19(18-8-7-14-4-1-2-6-17(14)22-18)23-11-9-16(13-23)21-15-5-3-10-20-12-15/h1-8,10,12,16,21H,9,11,13H2. The first-order chi connectivity index (χ1) is 11.8. The molecular weight excluding hydrogens is 300 g/mol. The van der Waals surface area contributed by atoms with E-state index in [2.05, 4.69) is 15.3 Å². The molecule has 1 N–H and O–H groups in total. The van der Waals surface area contributed by atoms with E-state index in [0.717, 1.165) is 29.6 Å². The van der Waals surface area contributed by atoms with Gasteiger partial charge in [0.15, 0.2) is 0 Å². The zero-order chi connectivity index (χ0) is 16.4. The van der Waals surface area contributed by atoms with Crippen LogP contribution in [0.4, 0.5) is 5.69 Å². The van der Waals surface area contributed by atoms with Gasteiger partial charge in [0.1, 0.15) is 5.69 Å². The van der Waals surface area contributed by atoms with E-state index < -0.39 is 0 Å². The van der Waals surface area contributed by atoms with Crippen molar-refractivity contribution < 1.29 is 4.79 Å². The molecule has 0 radical (unpaired) electrons. The summed E-state index contributed by atoms with van der Waals surface area (Å²) in [6.07, 6.45) is 4.48. The molecule has 0 bridgehead atoms. The zero-order valence-corrected chi connectivity index (χ0v) is 13.2. The summed E-state index contributed by atoms with van der Waals surface area (Å²) in [4.78, 5) is 23.2. The van der Waals surface area contributed by atoms with E-state index in [1.165, 1.54) is 0 Å². The fourth-order valence-corrected chi connectivity index (χ4v) is 3.09. The number of aromatic nitrogens is 2. The van der Waals surface area contributed by atoms with Crippen molar-refractivity contribution >= 4 is 22.5 Å². The number of hydrogen-bond donors (Lipinski definition) is 1. The molecule has 1 aromatic carbocycles. The SMILES string of the molecule is O=C(c1ccc2ccccc2n1)N1CCC(Nc2cccnc2)C1. The van der Waals surface area contributed by atoms with Crippen molar-refractivity contribution in [3.05, 3.63) is 66.6 Å². The Labute approximate surface area is 140 Å². The van der Waals surface area contributed by atoms with Crippen molar-refractivity contribution in [2.75, 3.05) is 18.4 Å². The Kier molecular flexibility index (Phi) is 3.83. The molecule has 1 unspecified atom stereocenters. The Morgan fingerprint density at radius 1 is 1.12 bits per heavy atom. The number of rotatable bonds is 3. The molecule has 120 valence electrons. The average molecular weight is 318 g/mol. The monoisotopic (exact) mass is 318 g/mol. The van der Waals surface area contributed by atoms with Crippen LogP contribution >= 0.6 is 0 Å². The molecule has 4 rings (SSSR count). The van der Waals surface area contributed by atoms with Gasteiger partial charge in [0.05, 0.1) is 11.2 Å². The lowest BCUT2D eigenvalue weighted by Crippen LogP contribution is -2.32. The van der Waals surface area contributed by atoms with Crippen LogP contribution in [0.3, 0.4) is 0 Å². The van der Waals surface area contributed by atoms with Crippen molar-refractivity contribution in [3.63, 3.8) is 0 Å². The Morgan fingerprint density at radius 2 is 2.04 bits per heavy atom. The van der Waals surface area contributed by atoms with Crippen LogP contribution in [0, 0.1) is 0 Å².